The van der Waals surface area contributed by atoms with Crippen LogP contribution in [-0.4, -0.2) is 25.4 Å². The van der Waals surface area contributed by atoms with E-state index in [1.54, 1.807) is 11.7 Å². The van der Waals surface area contributed by atoms with Crippen molar-refractivity contribution in [2.45, 2.75) is 20.3 Å². The van der Waals surface area contributed by atoms with E-state index in [4.69, 9.17) is 5.73 Å². The number of aromatic nitrogens is 3. The number of rotatable bonds is 3. The van der Waals surface area contributed by atoms with Crippen LogP contribution in [0.15, 0.2) is 23.1 Å². The van der Waals surface area contributed by atoms with Crippen molar-refractivity contribution < 1.29 is 9.90 Å². The van der Waals surface area contributed by atoms with Crippen molar-refractivity contribution in [3.8, 4) is 11.1 Å². The molecule has 3 rings (SSSR count). The van der Waals surface area contributed by atoms with E-state index >= 15 is 0 Å². The lowest BCUT2D eigenvalue weighted by molar-refractivity contribution is 0.0696. The average molecular weight is 340 g/mol. The second kappa shape index (κ2) is 5.77. The summed E-state index contributed by atoms with van der Waals surface area (Å²) in [7, 11) is 3.40. The van der Waals surface area contributed by atoms with Crippen LogP contribution in [0.1, 0.15) is 28.5 Å². The summed E-state index contributed by atoms with van der Waals surface area (Å²) >= 11 is 0. The molecule has 0 aliphatic heterocycles. The number of nitrogens with two attached hydrogens (primary N) is 1. The smallest absolute Gasteiger partial charge is 0.343 e. The number of carbonyl (C=O) groups is 1. The number of hydrogen-bond acceptors (Lipinski definition) is 4. The SMILES string of the molecule is CCc1ccc(-c2cn(C)nc2C)c2c1c(N)c(C(=O)O)c(=O)n2C. The fourth-order valence-electron chi connectivity index (χ4n) is 3.37. The van der Waals surface area contributed by atoms with Crippen LogP contribution >= 0.6 is 0 Å². The van der Waals surface area contributed by atoms with Gasteiger partial charge < -0.3 is 15.4 Å². The zero-order valence-corrected chi connectivity index (χ0v) is 14.6. The Hall–Kier alpha value is -3.09. The van der Waals surface area contributed by atoms with Crippen LogP contribution in [0.5, 0.6) is 0 Å². The third-order valence-electron chi connectivity index (χ3n) is 4.56. The van der Waals surface area contributed by atoms with Crippen LogP contribution in [0, 0.1) is 6.92 Å². The summed E-state index contributed by atoms with van der Waals surface area (Å²) in [5, 5.41) is 14.4. The molecule has 2 heterocycles. The molecule has 0 aliphatic carbocycles. The Bertz CT molecular complexity index is 1080. The first-order valence-corrected chi connectivity index (χ1v) is 7.95. The summed E-state index contributed by atoms with van der Waals surface area (Å²) in [6.45, 7) is 3.86. The Morgan fingerprint density at radius 2 is 1.96 bits per heavy atom. The van der Waals surface area contributed by atoms with Gasteiger partial charge in [0.15, 0.2) is 0 Å². The van der Waals surface area contributed by atoms with Crippen LogP contribution < -0.4 is 11.3 Å². The van der Waals surface area contributed by atoms with Crippen LogP contribution in [-0.2, 0) is 20.5 Å². The third kappa shape index (κ3) is 2.39. The normalized spacial score (nSPS) is 11.2. The number of anilines is 1. The maximum absolute atomic E-state index is 12.6. The Morgan fingerprint density at radius 1 is 1.28 bits per heavy atom. The topological polar surface area (TPSA) is 103 Å². The largest absolute Gasteiger partial charge is 0.477 e. The summed E-state index contributed by atoms with van der Waals surface area (Å²) in [6.07, 6.45) is 2.55. The number of pyridine rings is 1. The minimum atomic E-state index is -1.31. The number of aromatic carboxylic acids is 1. The molecule has 0 saturated carbocycles. The second-order valence-corrected chi connectivity index (χ2v) is 6.11. The molecule has 0 fully saturated rings. The highest BCUT2D eigenvalue weighted by Crippen LogP contribution is 2.35. The Balaban J connectivity index is 2.58. The average Bonchev–Trinajstić information content (AvgIpc) is 2.89. The van der Waals surface area contributed by atoms with E-state index < -0.39 is 11.5 Å². The molecule has 2 aromatic heterocycles. The van der Waals surface area contributed by atoms with Crippen LogP contribution in [0.2, 0.25) is 0 Å². The number of nitrogen functional groups attached to an aromatic ring is 1. The lowest BCUT2D eigenvalue weighted by Gasteiger charge is -2.17. The molecule has 130 valence electrons. The summed E-state index contributed by atoms with van der Waals surface area (Å²) in [5.41, 5.74) is 9.19. The van der Waals surface area contributed by atoms with Gasteiger partial charge in [-0.25, -0.2) is 4.79 Å². The van der Waals surface area contributed by atoms with Gasteiger partial charge in [0, 0.05) is 36.8 Å². The first-order chi connectivity index (χ1) is 11.8. The van der Waals surface area contributed by atoms with Crippen molar-refractivity contribution in [3.63, 3.8) is 0 Å². The number of nitrogens with zero attached hydrogens (tertiary/aromatic N) is 3. The predicted octanol–water partition coefficient (Wildman–Crippen LogP) is 2.09. The molecule has 0 bridgehead atoms. The highest BCUT2D eigenvalue weighted by Gasteiger charge is 2.23. The van der Waals surface area contributed by atoms with Gasteiger partial charge in [-0.15, -0.1) is 0 Å². The standard InChI is InChI=1S/C18H20N4O3/c1-5-10-6-7-11(12-8-21(3)20-9(12)2)16-13(10)15(19)14(18(24)25)17(23)22(16)4/h6-8H,5,19H2,1-4H3,(H,24,25). The van der Waals surface area contributed by atoms with E-state index in [0.29, 0.717) is 17.3 Å². The fourth-order valence-corrected chi connectivity index (χ4v) is 3.37. The molecule has 7 nitrogen and oxygen atoms in total. The molecule has 0 atom stereocenters. The van der Waals surface area contributed by atoms with Crippen molar-refractivity contribution in [2.24, 2.45) is 14.1 Å². The lowest BCUT2D eigenvalue weighted by atomic mass is 9.95. The van der Waals surface area contributed by atoms with Gasteiger partial charge in [0.05, 0.1) is 16.9 Å². The van der Waals surface area contributed by atoms with E-state index in [1.807, 2.05) is 39.2 Å². The Kier molecular flexibility index (Phi) is 3.87. The molecule has 0 amide bonds. The number of fused-ring (bicyclic) bond motifs is 1. The number of carboxylic acids is 1. The number of carboxylic acid groups (broad SMARTS) is 1. The van der Waals surface area contributed by atoms with E-state index in [-0.39, 0.29) is 11.3 Å². The summed E-state index contributed by atoms with van der Waals surface area (Å²) in [6, 6.07) is 3.86. The van der Waals surface area contributed by atoms with Crippen molar-refractivity contribution in [1.82, 2.24) is 14.3 Å². The first-order valence-electron chi connectivity index (χ1n) is 7.95. The van der Waals surface area contributed by atoms with Crippen LogP contribution in [0.25, 0.3) is 22.0 Å². The number of benzene rings is 1. The summed E-state index contributed by atoms with van der Waals surface area (Å²) in [5.74, 6) is -1.31. The molecule has 0 radical (unpaired) electrons. The molecule has 7 heteroatoms. The molecule has 25 heavy (non-hydrogen) atoms. The van der Waals surface area contributed by atoms with Crippen molar-refractivity contribution in [1.29, 1.82) is 0 Å². The monoisotopic (exact) mass is 340 g/mol. The quantitative estimate of drug-likeness (QED) is 0.760. The highest BCUT2D eigenvalue weighted by molar-refractivity contribution is 6.08. The van der Waals surface area contributed by atoms with Gasteiger partial charge in [-0.05, 0) is 18.9 Å². The summed E-state index contributed by atoms with van der Waals surface area (Å²) < 4.78 is 3.08. The van der Waals surface area contributed by atoms with E-state index in [9.17, 15) is 14.7 Å². The Morgan fingerprint density at radius 3 is 2.48 bits per heavy atom. The maximum Gasteiger partial charge on any atom is 0.343 e. The molecular weight excluding hydrogens is 320 g/mol. The molecule has 3 aromatic rings. The molecule has 1 aromatic carbocycles. The summed E-state index contributed by atoms with van der Waals surface area (Å²) in [4.78, 5) is 24.1. The first kappa shape index (κ1) is 16.8. The molecule has 0 spiro atoms. The zero-order valence-electron chi connectivity index (χ0n) is 14.6. The van der Waals surface area contributed by atoms with Crippen LogP contribution in [0.4, 0.5) is 5.69 Å². The zero-order chi connectivity index (χ0) is 18.5. The minimum Gasteiger partial charge on any atom is -0.477 e. The third-order valence-corrected chi connectivity index (χ3v) is 4.56. The minimum absolute atomic E-state index is 0.0193. The number of aryl methyl sites for hydroxylation is 4. The second-order valence-electron chi connectivity index (χ2n) is 6.11. The van der Waals surface area contributed by atoms with E-state index in [2.05, 4.69) is 5.10 Å². The molecule has 0 saturated heterocycles. The van der Waals surface area contributed by atoms with E-state index in [1.165, 1.54) is 4.57 Å². The molecule has 0 aliphatic rings. The maximum atomic E-state index is 12.6. The molecular formula is C18H20N4O3. The Labute approximate surface area is 144 Å². The van der Waals surface area contributed by atoms with Gasteiger partial charge in [0.2, 0.25) is 0 Å². The van der Waals surface area contributed by atoms with Crippen LogP contribution in [0.3, 0.4) is 0 Å². The van der Waals surface area contributed by atoms with Gasteiger partial charge >= 0.3 is 5.97 Å². The van der Waals surface area contributed by atoms with Gasteiger partial charge in [0.1, 0.15) is 5.56 Å². The van der Waals surface area contributed by atoms with Gasteiger partial charge in [0.25, 0.3) is 5.56 Å². The van der Waals surface area contributed by atoms with Gasteiger partial charge in [-0.2, -0.15) is 5.10 Å². The number of hydrogen-bond donors (Lipinski definition) is 2. The fraction of sp³-hybridized carbons (Fsp3) is 0.278. The highest BCUT2D eigenvalue weighted by atomic mass is 16.4. The van der Waals surface area contributed by atoms with Crippen molar-refractivity contribution in [2.75, 3.05) is 5.73 Å². The van der Waals surface area contributed by atoms with Crippen molar-refractivity contribution >= 4 is 22.6 Å². The lowest BCUT2D eigenvalue weighted by Crippen LogP contribution is -2.27. The van der Waals surface area contributed by atoms with Gasteiger partial charge in [-0.3, -0.25) is 9.48 Å². The molecule has 0 unspecified atom stereocenters. The van der Waals surface area contributed by atoms with E-state index in [0.717, 1.165) is 22.4 Å². The predicted molar refractivity (Wildman–Crippen MR) is 96.9 cm³/mol. The van der Waals surface area contributed by atoms with Gasteiger partial charge in [-0.1, -0.05) is 19.1 Å². The molecule has 3 N–H and O–H groups in total. The van der Waals surface area contributed by atoms with Crippen molar-refractivity contribution in [3.05, 3.63) is 45.5 Å².